The third-order valence-corrected chi connectivity index (χ3v) is 11.1. The second kappa shape index (κ2) is 10.1. The number of morpholine rings is 1. The number of imidazole rings is 1. The number of aromatic nitrogens is 2. The number of hydrogen-bond acceptors (Lipinski definition) is 8. The molecule has 1 aromatic carbocycles. The number of epoxide rings is 1. The van der Waals surface area contributed by atoms with Gasteiger partial charge in [-0.1, -0.05) is 32.1 Å². The Kier molecular flexibility index (Phi) is 6.75. The van der Waals surface area contributed by atoms with Crippen molar-refractivity contribution in [3.8, 4) is 0 Å². The van der Waals surface area contributed by atoms with Crippen LogP contribution in [0.15, 0.2) is 54.1 Å². The molecule has 3 aliphatic heterocycles. The largest absolute Gasteiger partial charge is 0.423 e. The lowest BCUT2D eigenvalue weighted by Gasteiger charge is -2.63. The number of ether oxygens (including phenoxy) is 3. The number of aliphatic hydroxyl groups excluding tert-OH is 2. The lowest BCUT2D eigenvalue weighted by Crippen LogP contribution is -2.67. The predicted octanol–water partition coefficient (Wildman–Crippen LogP) is 3.22. The Morgan fingerprint density at radius 2 is 2.00 bits per heavy atom. The zero-order valence-electron chi connectivity index (χ0n) is 24.7. The van der Waals surface area contributed by atoms with E-state index in [-0.39, 0.29) is 41.5 Å². The number of fused-ring (bicyclic) bond motifs is 2. The number of hydrogen-bond donors (Lipinski definition) is 2. The zero-order chi connectivity index (χ0) is 29.3. The molecule has 42 heavy (non-hydrogen) atoms. The minimum atomic E-state index is -0.615. The molecule has 2 saturated carbocycles. The van der Waals surface area contributed by atoms with Crippen molar-refractivity contribution in [2.75, 3.05) is 39.5 Å². The molecule has 1 spiro atoms. The summed E-state index contributed by atoms with van der Waals surface area (Å²) in [4.78, 5) is 19.9. The van der Waals surface area contributed by atoms with Gasteiger partial charge in [0.1, 0.15) is 11.4 Å². The average molecular weight is 576 g/mol. The summed E-state index contributed by atoms with van der Waals surface area (Å²) in [5.74, 6) is 0.212. The molecule has 5 aliphatic rings. The molecule has 1 aromatic heterocycles. The fourth-order valence-electron chi connectivity index (χ4n) is 8.64. The van der Waals surface area contributed by atoms with E-state index in [4.69, 9.17) is 14.2 Å². The van der Waals surface area contributed by atoms with E-state index in [2.05, 4.69) is 22.9 Å². The molecule has 2 saturated heterocycles. The maximum atomic E-state index is 13.0. The van der Waals surface area contributed by atoms with Gasteiger partial charge >= 0.3 is 5.97 Å². The number of benzene rings is 1. The lowest BCUT2D eigenvalue weighted by molar-refractivity contribution is -0.186. The molecular weight excluding hydrogens is 534 g/mol. The van der Waals surface area contributed by atoms with E-state index in [1.54, 1.807) is 12.4 Å². The fraction of sp³-hybridized carbons (Fsp3) is 0.576. The third kappa shape index (κ3) is 4.32. The SMILES string of the molecule is Cn1cnc2cc(/C=C3C=C(/C=C/C4C5(CO5)C(N5CCOCC5)CC5[C@]4(C)CC[C@@H](O)[C@@]5(C)CO)C(=O)O\3)ccc21. The van der Waals surface area contributed by atoms with Crippen molar-refractivity contribution in [3.05, 3.63) is 59.7 Å². The summed E-state index contributed by atoms with van der Waals surface area (Å²) in [6.07, 6.45) is 11.3. The van der Waals surface area contributed by atoms with Crippen LogP contribution in [0, 0.1) is 22.7 Å². The summed E-state index contributed by atoms with van der Waals surface area (Å²) in [5, 5.41) is 21.8. The molecule has 2 N–H and O–H groups in total. The Bertz CT molecular complexity index is 1480. The molecule has 4 heterocycles. The first-order valence-electron chi connectivity index (χ1n) is 15.2. The Hall–Kier alpha value is -2.82. The van der Waals surface area contributed by atoms with Crippen LogP contribution in [0.3, 0.4) is 0 Å². The minimum Gasteiger partial charge on any atom is -0.423 e. The zero-order valence-corrected chi connectivity index (χ0v) is 24.7. The molecule has 4 fully saturated rings. The summed E-state index contributed by atoms with van der Waals surface area (Å²) in [5.41, 5.74) is 2.15. The average Bonchev–Trinajstić information content (AvgIpc) is 3.56. The molecule has 2 aromatic rings. The molecule has 0 amide bonds. The number of rotatable bonds is 5. The van der Waals surface area contributed by atoms with Gasteiger partial charge in [-0.3, -0.25) is 4.90 Å². The summed E-state index contributed by atoms with van der Waals surface area (Å²) in [7, 11) is 1.96. The Morgan fingerprint density at radius 1 is 1.21 bits per heavy atom. The van der Waals surface area contributed by atoms with Gasteiger partial charge < -0.3 is 29.0 Å². The van der Waals surface area contributed by atoms with Gasteiger partial charge in [0.2, 0.25) is 0 Å². The monoisotopic (exact) mass is 575 g/mol. The van der Waals surface area contributed by atoms with Crippen molar-refractivity contribution in [3.63, 3.8) is 0 Å². The van der Waals surface area contributed by atoms with Crippen LogP contribution in [-0.4, -0.2) is 87.9 Å². The van der Waals surface area contributed by atoms with Gasteiger partial charge in [-0.25, -0.2) is 9.78 Å². The van der Waals surface area contributed by atoms with Gasteiger partial charge in [-0.05, 0) is 60.4 Å². The Labute approximate surface area is 246 Å². The molecule has 7 rings (SSSR count). The van der Waals surface area contributed by atoms with Crippen LogP contribution in [0.1, 0.15) is 38.7 Å². The van der Waals surface area contributed by atoms with E-state index in [9.17, 15) is 15.0 Å². The van der Waals surface area contributed by atoms with Crippen LogP contribution in [-0.2, 0) is 26.1 Å². The van der Waals surface area contributed by atoms with Crippen molar-refractivity contribution < 1.29 is 29.2 Å². The van der Waals surface area contributed by atoms with E-state index in [0.29, 0.717) is 37.6 Å². The van der Waals surface area contributed by atoms with Gasteiger partial charge in [-0.2, -0.15) is 0 Å². The van der Waals surface area contributed by atoms with Gasteiger partial charge in [0.15, 0.2) is 0 Å². The topological polar surface area (TPSA) is 110 Å². The first-order valence-corrected chi connectivity index (χ1v) is 15.2. The highest BCUT2D eigenvalue weighted by Gasteiger charge is 2.71. The Morgan fingerprint density at radius 3 is 2.74 bits per heavy atom. The second-order valence-corrected chi connectivity index (χ2v) is 13.4. The number of aliphatic hydroxyl groups is 2. The standard InChI is InChI=1S/C33H41N3O6/c1-31-9-8-29(38)32(2,18-37)27(31)17-28(36-10-12-40-13-11-36)33(19-41-33)26(31)7-5-22-16-23(42-30(22)39)14-21-4-6-25-24(15-21)34-20-35(25)3/h4-7,14-16,20,26-29,37-38H,8-13,17-19H2,1-3H3/b7-5+,23-14+/t26?,27?,28?,29-,31-,32+,33?/m1/s1. The van der Waals surface area contributed by atoms with E-state index in [1.165, 1.54) is 0 Å². The summed E-state index contributed by atoms with van der Waals surface area (Å²) in [6.45, 7) is 7.99. The third-order valence-electron chi connectivity index (χ3n) is 11.1. The highest BCUT2D eigenvalue weighted by Crippen LogP contribution is 2.66. The second-order valence-electron chi connectivity index (χ2n) is 13.4. The van der Waals surface area contributed by atoms with Gasteiger partial charge in [-0.15, -0.1) is 0 Å². The maximum absolute atomic E-state index is 13.0. The molecular formula is C33H41N3O6. The number of cyclic esters (lactones) is 1. The molecule has 224 valence electrons. The number of nitrogens with zero attached hydrogens (tertiary/aromatic N) is 3. The molecule has 0 radical (unpaired) electrons. The first kappa shape index (κ1) is 28.0. The highest BCUT2D eigenvalue weighted by atomic mass is 16.6. The number of carbonyl (C=O) groups is 1. The molecule has 9 heteroatoms. The molecule has 9 nitrogen and oxygen atoms in total. The first-order chi connectivity index (χ1) is 20.2. The van der Waals surface area contributed by atoms with Crippen LogP contribution in [0.2, 0.25) is 0 Å². The fourth-order valence-corrected chi connectivity index (χ4v) is 8.64. The van der Waals surface area contributed by atoms with Crippen molar-refractivity contribution in [1.82, 2.24) is 14.5 Å². The van der Waals surface area contributed by atoms with Crippen molar-refractivity contribution in [2.45, 2.75) is 50.9 Å². The van der Waals surface area contributed by atoms with Crippen LogP contribution < -0.4 is 0 Å². The lowest BCUT2D eigenvalue weighted by atomic mass is 9.44. The van der Waals surface area contributed by atoms with E-state index in [1.807, 2.05) is 48.9 Å². The van der Waals surface area contributed by atoms with Gasteiger partial charge in [0, 0.05) is 37.5 Å². The number of carbonyl (C=O) groups excluding carboxylic acids is 1. The summed E-state index contributed by atoms with van der Waals surface area (Å²) in [6, 6.07) is 6.13. The molecule has 4 unspecified atom stereocenters. The number of esters is 1. The quantitative estimate of drug-likeness (QED) is 0.413. The van der Waals surface area contributed by atoms with Gasteiger partial charge in [0.05, 0.1) is 55.5 Å². The van der Waals surface area contributed by atoms with Crippen LogP contribution >= 0.6 is 0 Å². The molecule has 0 bridgehead atoms. The normalized spacial score (nSPS) is 39.7. The summed E-state index contributed by atoms with van der Waals surface area (Å²) < 4.78 is 19.7. The van der Waals surface area contributed by atoms with Crippen molar-refractivity contribution in [2.24, 2.45) is 29.7 Å². The molecule has 2 aliphatic carbocycles. The van der Waals surface area contributed by atoms with E-state index in [0.717, 1.165) is 42.5 Å². The number of allylic oxidation sites excluding steroid dienone is 1. The van der Waals surface area contributed by atoms with Crippen LogP contribution in [0.25, 0.3) is 17.1 Å². The van der Waals surface area contributed by atoms with Crippen LogP contribution in [0.4, 0.5) is 0 Å². The van der Waals surface area contributed by atoms with Gasteiger partial charge in [0.25, 0.3) is 0 Å². The highest BCUT2D eigenvalue weighted by molar-refractivity contribution is 5.96. The maximum Gasteiger partial charge on any atom is 0.343 e. The smallest absolute Gasteiger partial charge is 0.343 e. The molecule has 7 atom stereocenters. The Balaban J connectivity index is 1.22. The predicted molar refractivity (Wildman–Crippen MR) is 157 cm³/mol. The van der Waals surface area contributed by atoms with Crippen molar-refractivity contribution >= 4 is 23.1 Å². The van der Waals surface area contributed by atoms with E-state index < -0.39 is 11.5 Å². The van der Waals surface area contributed by atoms with Crippen molar-refractivity contribution in [1.29, 1.82) is 0 Å². The van der Waals surface area contributed by atoms with Crippen LogP contribution in [0.5, 0.6) is 0 Å². The number of aryl methyl sites for hydroxylation is 1. The minimum absolute atomic E-state index is 0.00302. The van der Waals surface area contributed by atoms with E-state index >= 15 is 0 Å². The summed E-state index contributed by atoms with van der Waals surface area (Å²) >= 11 is 0.